The van der Waals surface area contributed by atoms with Crippen molar-refractivity contribution in [3.63, 3.8) is 0 Å². The quantitative estimate of drug-likeness (QED) is 0.798. The van der Waals surface area contributed by atoms with E-state index in [0.717, 1.165) is 24.5 Å². The Morgan fingerprint density at radius 3 is 2.75 bits per heavy atom. The molecule has 0 radical (unpaired) electrons. The van der Waals surface area contributed by atoms with Crippen LogP contribution in [0.15, 0.2) is 18.3 Å². The van der Waals surface area contributed by atoms with Crippen molar-refractivity contribution in [2.75, 3.05) is 12.3 Å². The summed E-state index contributed by atoms with van der Waals surface area (Å²) in [4.78, 5) is 4.36. The maximum Gasteiger partial charge on any atom is 0.0570 e. The Morgan fingerprint density at radius 2 is 2.12 bits per heavy atom. The van der Waals surface area contributed by atoms with E-state index >= 15 is 0 Å². The second kappa shape index (κ2) is 6.26. The van der Waals surface area contributed by atoms with E-state index in [1.807, 2.05) is 24.0 Å². The highest BCUT2D eigenvalue weighted by Gasteiger charge is 2.09. The third-order valence-electron chi connectivity index (χ3n) is 2.22. The lowest BCUT2D eigenvalue weighted by Crippen LogP contribution is -2.20. The van der Waals surface area contributed by atoms with Gasteiger partial charge in [0.2, 0.25) is 0 Å². The van der Waals surface area contributed by atoms with Crippen LogP contribution in [0, 0.1) is 6.92 Å². The maximum atomic E-state index is 4.36. The molecule has 1 aromatic heterocycles. The topological polar surface area (TPSA) is 24.9 Å². The highest BCUT2D eigenvalue weighted by Crippen LogP contribution is 2.21. The van der Waals surface area contributed by atoms with Crippen molar-refractivity contribution in [1.29, 1.82) is 0 Å². The van der Waals surface area contributed by atoms with Crippen molar-refractivity contribution in [2.45, 2.75) is 39.0 Å². The van der Waals surface area contributed by atoms with Crippen LogP contribution in [0.3, 0.4) is 0 Å². The van der Waals surface area contributed by atoms with Crippen LogP contribution in [-0.2, 0) is 6.54 Å². The maximum absolute atomic E-state index is 4.36. The Balaban J connectivity index is 2.19. The van der Waals surface area contributed by atoms with Crippen molar-refractivity contribution >= 4 is 11.8 Å². The third-order valence-corrected chi connectivity index (χ3v) is 3.50. The first-order valence-corrected chi connectivity index (χ1v) is 6.73. The summed E-state index contributed by atoms with van der Waals surface area (Å²) >= 11 is 1.99. The van der Waals surface area contributed by atoms with Crippen LogP contribution in [0.25, 0.3) is 0 Å². The molecular weight excluding hydrogens is 216 g/mol. The van der Waals surface area contributed by atoms with Gasteiger partial charge in [-0.15, -0.1) is 0 Å². The van der Waals surface area contributed by atoms with Crippen molar-refractivity contribution in [2.24, 2.45) is 0 Å². The standard InChI is InChI=1S/C13H22N2S/c1-11-6-5-7-15-12(11)10-14-8-9-16-13(2,3)4/h5-7,14H,8-10H2,1-4H3. The molecule has 0 bridgehead atoms. The average Bonchev–Trinajstić information content (AvgIpc) is 2.18. The largest absolute Gasteiger partial charge is 0.310 e. The molecule has 0 atom stereocenters. The Labute approximate surface area is 103 Å². The lowest BCUT2D eigenvalue weighted by Gasteiger charge is -2.17. The molecule has 1 rings (SSSR count). The number of pyridine rings is 1. The number of rotatable bonds is 5. The summed E-state index contributed by atoms with van der Waals surface area (Å²) in [6.45, 7) is 10.8. The first kappa shape index (κ1) is 13.5. The van der Waals surface area contributed by atoms with Crippen LogP contribution in [0.5, 0.6) is 0 Å². The molecule has 3 heteroatoms. The number of nitrogens with one attached hydrogen (secondary N) is 1. The number of thioether (sulfide) groups is 1. The van der Waals surface area contributed by atoms with E-state index in [4.69, 9.17) is 0 Å². The first-order valence-electron chi connectivity index (χ1n) is 5.74. The Hall–Kier alpha value is -0.540. The molecule has 1 heterocycles. The molecule has 0 aliphatic rings. The van der Waals surface area contributed by atoms with Crippen molar-refractivity contribution < 1.29 is 0 Å². The SMILES string of the molecule is Cc1cccnc1CNCCSC(C)(C)C. The normalized spacial score (nSPS) is 11.8. The highest BCUT2D eigenvalue weighted by molar-refractivity contribution is 8.00. The molecular formula is C13H22N2S. The summed E-state index contributed by atoms with van der Waals surface area (Å²) in [6.07, 6.45) is 1.86. The van der Waals surface area contributed by atoms with Gasteiger partial charge in [-0.05, 0) is 18.6 Å². The zero-order valence-electron chi connectivity index (χ0n) is 10.7. The van der Waals surface area contributed by atoms with Gasteiger partial charge in [0.05, 0.1) is 5.69 Å². The molecule has 0 unspecified atom stereocenters. The van der Waals surface area contributed by atoms with Crippen LogP contribution in [-0.4, -0.2) is 22.0 Å². The van der Waals surface area contributed by atoms with Crippen LogP contribution in [0.2, 0.25) is 0 Å². The minimum atomic E-state index is 0.364. The minimum absolute atomic E-state index is 0.364. The van der Waals surface area contributed by atoms with Crippen molar-refractivity contribution in [1.82, 2.24) is 10.3 Å². The summed E-state index contributed by atoms with van der Waals surface area (Å²) in [6, 6.07) is 4.09. The lowest BCUT2D eigenvalue weighted by atomic mass is 10.2. The molecule has 0 aromatic carbocycles. The van der Waals surface area contributed by atoms with Gasteiger partial charge in [0.1, 0.15) is 0 Å². The molecule has 2 nitrogen and oxygen atoms in total. The smallest absolute Gasteiger partial charge is 0.0570 e. The summed E-state index contributed by atoms with van der Waals surface area (Å²) in [5, 5.41) is 3.43. The fourth-order valence-electron chi connectivity index (χ4n) is 1.34. The van der Waals surface area contributed by atoms with Gasteiger partial charge in [-0.3, -0.25) is 4.98 Å². The zero-order chi connectivity index (χ0) is 12.0. The second-order valence-corrected chi connectivity index (χ2v) is 6.83. The summed E-state index contributed by atoms with van der Waals surface area (Å²) < 4.78 is 0.364. The summed E-state index contributed by atoms with van der Waals surface area (Å²) in [7, 11) is 0. The van der Waals surface area contributed by atoms with Crippen molar-refractivity contribution in [3.8, 4) is 0 Å². The van der Waals surface area contributed by atoms with Crippen LogP contribution >= 0.6 is 11.8 Å². The highest BCUT2D eigenvalue weighted by atomic mass is 32.2. The summed E-state index contributed by atoms with van der Waals surface area (Å²) in [5.74, 6) is 1.15. The predicted octanol–water partition coefficient (Wildman–Crippen LogP) is 3.01. The fraction of sp³-hybridized carbons (Fsp3) is 0.615. The van der Waals surface area contributed by atoms with Gasteiger partial charge < -0.3 is 5.32 Å². The Kier molecular flexibility index (Phi) is 5.29. The van der Waals surface area contributed by atoms with E-state index in [9.17, 15) is 0 Å². The van der Waals surface area contributed by atoms with Gasteiger partial charge in [-0.2, -0.15) is 11.8 Å². The Bertz CT molecular complexity index is 318. The molecule has 1 N–H and O–H groups in total. The number of nitrogens with zero attached hydrogens (tertiary/aromatic N) is 1. The first-order chi connectivity index (χ1) is 7.49. The van der Waals surface area contributed by atoms with Crippen molar-refractivity contribution in [3.05, 3.63) is 29.6 Å². The van der Waals surface area contributed by atoms with Gasteiger partial charge in [0.25, 0.3) is 0 Å². The number of aryl methyl sites for hydroxylation is 1. The molecule has 0 saturated heterocycles. The van der Waals surface area contributed by atoms with E-state index < -0.39 is 0 Å². The minimum Gasteiger partial charge on any atom is -0.310 e. The van der Waals surface area contributed by atoms with E-state index in [2.05, 4.69) is 44.1 Å². The van der Waals surface area contributed by atoms with Gasteiger partial charge >= 0.3 is 0 Å². The van der Waals surface area contributed by atoms with Crippen LogP contribution in [0.1, 0.15) is 32.0 Å². The fourth-order valence-corrected chi connectivity index (χ4v) is 2.20. The molecule has 0 spiro atoms. The molecule has 0 fully saturated rings. The van der Waals surface area contributed by atoms with E-state index in [1.54, 1.807) is 0 Å². The number of aromatic nitrogens is 1. The number of hydrogen-bond donors (Lipinski definition) is 1. The van der Waals surface area contributed by atoms with E-state index in [0.29, 0.717) is 4.75 Å². The average molecular weight is 238 g/mol. The Morgan fingerprint density at radius 1 is 1.38 bits per heavy atom. The molecule has 1 aromatic rings. The van der Waals surface area contributed by atoms with Gasteiger partial charge in [0, 0.05) is 29.8 Å². The van der Waals surface area contributed by atoms with Gasteiger partial charge in [-0.1, -0.05) is 26.8 Å². The lowest BCUT2D eigenvalue weighted by molar-refractivity contribution is 0.707. The predicted molar refractivity (Wildman–Crippen MR) is 72.9 cm³/mol. The molecule has 0 aliphatic carbocycles. The summed E-state index contributed by atoms with van der Waals surface area (Å²) in [5.41, 5.74) is 2.42. The monoisotopic (exact) mass is 238 g/mol. The third kappa shape index (κ3) is 5.52. The molecule has 0 saturated carbocycles. The van der Waals surface area contributed by atoms with E-state index in [-0.39, 0.29) is 0 Å². The van der Waals surface area contributed by atoms with Crippen LogP contribution in [0.4, 0.5) is 0 Å². The zero-order valence-corrected chi connectivity index (χ0v) is 11.5. The van der Waals surface area contributed by atoms with Gasteiger partial charge in [-0.25, -0.2) is 0 Å². The van der Waals surface area contributed by atoms with Gasteiger partial charge in [0.15, 0.2) is 0 Å². The molecule has 90 valence electrons. The molecule has 0 amide bonds. The molecule has 0 aliphatic heterocycles. The second-order valence-electron chi connectivity index (χ2n) is 4.90. The van der Waals surface area contributed by atoms with E-state index in [1.165, 1.54) is 5.56 Å². The molecule has 16 heavy (non-hydrogen) atoms. The number of hydrogen-bond acceptors (Lipinski definition) is 3. The van der Waals surface area contributed by atoms with Crippen LogP contribution < -0.4 is 5.32 Å².